The molecule has 1 heterocycles. The summed E-state index contributed by atoms with van der Waals surface area (Å²) in [6, 6.07) is 13.2. The predicted octanol–water partition coefficient (Wildman–Crippen LogP) is 2.95. The van der Waals surface area contributed by atoms with Crippen molar-refractivity contribution < 1.29 is 19.7 Å². The zero-order valence-electron chi connectivity index (χ0n) is 12.3. The summed E-state index contributed by atoms with van der Waals surface area (Å²) in [5, 5.41) is 23.5. The average molecular weight is 310 g/mol. The number of benzene rings is 2. The molecule has 0 bridgehead atoms. The number of phenolic OH excluding ortho intramolecular Hbond substituents is 1. The van der Waals surface area contributed by atoms with Gasteiger partial charge in [0.1, 0.15) is 11.5 Å². The van der Waals surface area contributed by atoms with Crippen molar-refractivity contribution in [2.45, 2.75) is 0 Å². The fourth-order valence-electron chi connectivity index (χ4n) is 2.34. The first-order valence-corrected chi connectivity index (χ1v) is 6.85. The SMILES string of the molecule is COc1ccc(-c2ccnn2-c2cccc(C(=O)O)c2)c(O)c1. The maximum atomic E-state index is 11.1. The highest BCUT2D eigenvalue weighted by Crippen LogP contribution is 2.33. The Kier molecular flexibility index (Phi) is 3.72. The minimum absolute atomic E-state index is 0.0560. The molecule has 2 aromatic carbocycles. The second-order valence-electron chi connectivity index (χ2n) is 4.87. The minimum Gasteiger partial charge on any atom is -0.507 e. The van der Waals surface area contributed by atoms with Crippen molar-refractivity contribution in [3.8, 4) is 28.4 Å². The van der Waals surface area contributed by atoms with E-state index in [-0.39, 0.29) is 11.3 Å². The minimum atomic E-state index is -1.01. The molecule has 0 spiro atoms. The fraction of sp³-hybridized carbons (Fsp3) is 0.0588. The van der Waals surface area contributed by atoms with Crippen LogP contribution in [0.4, 0.5) is 0 Å². The molecular formula is C17H14N2O4. The largest absolute Gasteiger partial charge is 0.507 e. The number of aromatic carboxylic acids is 1. The Bertz CT molecular complexity index is 871. The number of ether oxygens (including phenoxy) is 1. The third kappa shape index (κ3) is 2.74. The third-order valence-electron chi connectivity index (χ3n) is 3.46. The number of carbonyl (C=O) groups is 1. The number of aromatic hydroxyl groups is 1. The molecule has 0 unspecified atom stereocenters. The Morgan fingerprint density at radius 1 is 1.17 bits per heavy atom. The lowest BCUT2D eigenvalue weighted by Crippen LogP contribution is -2.02. The fourth-order valence-corrected chi connectivity index (χ4v) is 2.34. The van der Waals surface area contributed by atoms with Crippen molar-refractivity contribution in [3.05, 3.63) is 60.3 Å². The molecule has 1 aromatic heterocycles. The first kappa shape index (κ1) is 14.6. The van der Waals surface area contributed by atoms with Crippen LogP contribution in [0.25, 0.3) is 16.9 Å². The lowest BCUT2D eigenvalue weighted by molar-refractivity contribution is 0.0697. The molecule has 0 saturated heterocycles. The van der Waals surface area contributed by atoms with Crippen LogP contribution in [0, 0.1) is 0 Å². The molecule has 0 aliphatic rings. The van der Waals surface area contributed by atoms with E-state index in [0.29, 0.717) is 22.7 Å². The Morgan fingerprint density at radius 3 is 2.70 bits per heavy atom. The summed E-state index contributed by atoms with van der Waals surface area (Å²) in [6.45, 7) is 0. The normalized spacial score (nSPS) is 10.5. The van der Waals surface area contributed by atoms with E-state index in [9.17, 15) is 9.90 Å². The lowest BCUT2D eigenvalue weighted by Gasteiger charge is -2.10. The molecule has 0 amide bonds. The van der Waals surface area contributed by atoms with E-state index < -0.39 is 5.97 Å². The molecule has 3 rings (SSSR count). The summed E-state index contributed by atoms with van der Waals surface area (Å²) in [7, 11) is 1.52. The van der Waals surface area contributed by atoms with E-state index >= 15 is 0 Å². The van der Waals surface area contributed by atoms with Crippen LogP contribution in [0.2, 0.25) is 0 Å². The van der Waals surface area contributed by atoms with Gasteiger partial charge in [-0.1, -0.05) is 6.07 Å². The van der Waals surface area contributed by atoms with Gasteiger partial charge in [-0.05, 0) is 36.4 Å². The van der Waals surface area contributed by atoms with Crippen molar-refractivity contribution in [2.75, 3.05) is 7.11 Å². The molecule has 0 aliphatic heterocycles. The number of carboxylic acids is 1. The van der Waals surface area contributed by atoms with E-state index in [1.54, 1.807) is 41.2 Å². The van der Waals surface area contributed by atoms with Gasteiger partial charge in [-0.25, -0.2) is 9.48 Å². The van der Waals surface area contributed by atoms with Gasteiger partial charge in [0.15, 0.2) is 0 Å². The molecule has 0 radical (unpaired) electrons. The molecule has 2 N–H and O–H groups in total. The Balaban J connectivity index is 2.10. The molecule has 116 valence electrons. The van der Waals surface area contributed by atoms with Crippen molar-refractivity contribution in [2.24, 2.45) is 0 Å². The number of methoxy groups -OCH3 is 1. The van der Waals surface area contributed by atoms with Gasteiger partial charge in [0.2, 0.25) is 0 Å². The molecule has 0 saturated carbocycles. The van der Waals surface area contributed by atoms with E-state index in [2.05, 4.69) is 5.10 Å². The van der Waals surface area contributed by atoms with Crippen molar-refractivity contribution in [1.29, 1.82) is 0 Å². The van der Waals surface area contributed by atoms with Gasteiger partial charge in [-0.2, -0.15) is 5.10 Å². The van der Waals surface area contributed by atoms with E-state index in [1.807, 2.05) is 0 Å². The van der Waals surface area contributed by atoms with Gasteiger partial charge in [0.25, 0.3) is 0 Å². The van der Waals surface area contributed by atoms with Crippen LogP contribution in [0.15, 0.2) is 54.7 Å². The standard InChI is InChI=1S/C17H14N2O4/c1-23-13-5-6-14(16(20)10-13)15-7-8-18-19(15)12-4-2-3-11(9-12)17(21)22/h2-10,20H,1H3,(H,21,22). The predicted molar refractivity (Wildman–Crippen MR) is 84.2 cm³/mol. The molecule has 0 aliphatic carbocycles. The number of phenols is 1. The summed E-state index contributed by atoms with van der Waals surface area (Å²) >= 11 is 0. The molecule has 6 heteroatoms. The second-order valence-corrected chi connectivity index (χ2v) is 4.87. The quantitative estimate of drug-likeness (QED) is 0.774. The topological polar surface area (TPSA) is 84.6 Å². The van der Waals surface area contributed by atoms with Crippen molar-refractivity contribution in [3.63, 3.8) is 0 Å². The van der Waals surface area contributed by atoms with Crippen molar-refractivity contribution in [1.82, 2.24) is 9.78 Å². The lowest BCUT2D eigenvalue weighted by atomic mass is 10.1. The molecule has 3 aromatic rings. The Hall–Kier alpha value is -3.28. The van der Waals surface area contributed by atoms with Crippen molar-refractivity contribution >= 4 is 5.97 Å². The number of aromatic nitrogens is 2. The van der Waals surface area contributed by atoms with E-state index in [4.69, 9.17) is 9.84 Å². The van der Waals surface area contributed by atoms with Crippen LogP contribution < -0.4 is 4.74 Å². The van der Waals surface area contributed by atoms with Crippen LogP contribution >= 0.6 is 0 Å². The van der Waals surface area contributed by atoms with Gasteiger partial charge in [0.05, 0.1) is 30.3 Å². The van der Waals surface area contributed by atoms with Gasteiger partial charge >= 0.3 is 5.97 Å². The molecule has 23 heavy (non-hydrogen) atoms. The zero-order valence-corrected chi connectivity index (χ0v) is 12.3. The number of hydrogen-bond acceptors (Lipinski definition) is 4. The molecule has 0 fully saturated rings. The molecule has 0 atom stereocenters. The zero-order chi connectivity index (χ0) is 16.4. The highest BCUT2D eigenvalue weighted by molar-refractivity contribution is 5.88. The van der Waals surface area contributed by atoms with Crippen LogP contribution in [-0.2, 0) is 0 Å². The smallest absolute Gasteiger partial charge is 0.335 e. The Labute approximate surface area is 132 Å². The van der Waals surface area contributed by atoms with Crippen LogP contribution in [-0.4, -0.2) is 33.1 Å². The number of rotatable bonds is 4. The van der Waals surface area contributed by atoms with Gasteiger partial charge in [-0.3, -0.25) is 0 Å². The summed E-state index contributed by atoms with van der Waals surface area (Å²) in [5.41, 5.74) is 1.99. The molecular weight excluding hydrogens is 296 g/mol. The summed E-state index contributed by atoms with van der Waals surface area (Å²) in [6.07, 6.45) is 1.59. The van der Waals surface area contributed by atoms with Gasteiger partial charge in [-0.15, -0.1) is 0 Å². The highest BCUT2D eigenvalue weighted by atomic mass is 16.5. The maximum Gasteiger partial charge on any atom is 0.335 e. The third-order valence-corrected chi connectivity index (χ3v) is 3.46. The summed E-state index contributed by atoms with van der Waals surface area (Å²) < 4.78 is 6.65. The highest BCUT2D eigenvalue weighted by Gasteiger charge is 2.13. The summed E-state index contributed by atoms with van der Waals surface area (Å²) in [4.78, 5) is 11.1. The van der Waals surface area contributed by atoms with E-state index in [0.717, 1.165) is 0 Å². The van der Waals surface area contributed by atoms with Crippen LogP contribution in [0.5, 0.6) is 11.5 Å². The summed E-state index contributed by atoms with van der Waals surface area (Å²) in [5.74, 6) is -0.404. The van der Waals surface area contributed by atoms with E-state index in [1.165, 1.54) is 25.3 Å². The van der Waals surface area contributed by atoms with Gasteiger partial charge < -0.3 is 14.9 Å². The number of hydrogen-bond donors (Lipinski definition) is 2. The monoisotopic (exact) mass is 310 g/mol. The average Bonchev–Trinajstić information content (AvgIpc) is 3.04. The maximum absolute atomic E-state index is 11.1. The number of carboxylic acid groups (broad SMARTS) is 1. The Morgan fingerprint density at radius 2 is 2.00 bits per heavy atom. The first-order chi connectivity index (χ1) is 11.1. The second kappa shape index (κ2) is 5.84. The molecule has 6 nitrogen and oxygen atoms in total. The first-order valence-electron chi connectivity index (χ1n) is 6.85. The van der Waals surface area contributed by atoms with Crippen LogP contribution in [0.3, 0.4) is 0 Å². The van der Waals surface area contributed by atoms with Crippen LogP contribution in [0.1, 0.15) is 10.4 Å². The van der Waals surface area contributed by atoms with Gasteiger partial charge in [0, 0.05) is 11.6 Å². The number of nitrogens with zero attached hydrogens (tertiary/aromatic N) is 2.